The van der Waals surface area contributed by atoms with E-state index in [1.807, 2.05) is 72.8 Å². The predicted octanol–water partition coefficient (Wildman–Crippen LogP) is 5.37. The molecule has 0 saturated carbocycles. The Morgan fingerprint density at radius 1 is 1.04 bits per heavy atom. The molecule has 0 aromatic heterocycles. The first kappa shape index (κ1) is 20.1. The van der Waals surface area contributed by atoms with Crippen molar-refractivity contribution in [2.45, 2.75) is 13.0 Å². The van der Waals surface area contributed by atoms with E-state index in [9.17, 15) is 4.79 Å². The van der Waals surface area contributed by atoms with Gasteiger partial charge in [0.15, 0.2) is 0 Å². The van der Waals surface area contributed by atoms with Crippen LogP contribution < -0.4 is 10.2 Å². The molecule has 0 fully saturated rings. The summed E-state index contributed by atoms with van der Waals surface area (Å²) in [6.45, 7) is 0.445. The van der Waals surface area contributed by atoms with Gasteiger partial charge in [-0.1, -0.05) is 51.8 Å². The molecule has 3 aromatic rings. The van der Waals surface area contributed by atoms with E-state index < -0.39 is 0 Å². The van der Waals surface area contributed by atoms with Gasteiger partial charge in [0.05, 0.1) is 12.6 Å². The molecule has 0 spiro atoms. The number of carbonyl (C=O) groups excluding carboxylic acids is 1. The summed E-state index contributed by atoms with van der Waals surface area (Å²) in [5.41, 5.74) is 5.33. The molecule has 0 atom stereocenters. The molecule has 0 radical (unpaired) electrons. The van der Waals surface area contributed by atoms with Gasteiger partial charge in [-0.3, -0.25) is 4.79 Å². The number of ether oxygens (including phenoxy) is 1. The number of nitrogens with one attached hydrogen (secondary N) is 1. The van der Waals surface area contributed by atoms with E-state index in [4.69, 9.17) is 16.3 Å². The van der Waals surface area contributed by atoms with E-state index >= 15 is 0 Å². The number of rotatable bonds is 7. The Morgan fingerprint density at radius 3 is 2.50 bits per heavy atom. The average Bonchev–Trinajstić information content (AvgIpc) is 2.69. The van der Waals surface area contributed by atoms with E-state index in [0.29, 0.717) is 11.6 Å². The Kier molecular flexibility index (Phi) is 7.23. The van der Waals surface area contributed by atoms with Crippen LogP contribution in [-0.2, 0) is 17.8 Å². The number of carbonyl (C=O) groups is 1. The Balaban J connectivity index is 1.46. The monoisotopic (exact) mass is 456 g/mol. The third kappa shape index (κ3) is 6.51. The zero-order valence-corrected chi connectivity index (χ0v) is 17.3. The summed E-state index contributed by atoms with van der Waals surface area (Å²) in [6, 6.07) is 22.6. The molecule has 28 heavy (non-hydrogen) atoms. The minimum absolute atomic E-state index is 0.167. The molecule has 6 heteroatoms. The van der Waals surface area contributed by atoms with Crippen molar-refractivity contribution in [1.29, 1.82) is 0 Å². The van der Waals surface area contributed by atoms with Gasteiger partial charge in [0.1, 0.15) is 12.4 Å². The standard InChI is InChI=1S/C22H18BrClN2O2/c23-19-8-4-16(5-9-19)13-22(27)26-25-14-17-6-10-21(11-7-17)28-15-18-2-1-3-20(24)12-18/h1-12,14H,13,15H2,(H,26,27)/b25-14-. The van der Waals surface area contributed by atoms with Gasteiger partial charge in [0.2, 0.25) is 5.91 Å². The molecule has 0 bridgehead atoms. The van der Waals surface area contributed by atoms with E-state index in [-0.39, 0.29) is 12.3 Å². The molecule has 0 aliphatic heterocycles. The Morgan fingerprint density at radius 2 is 1.79 bits per heavy atom. The highest BCUT2D eigenvalue weighted by molar-refractivity contribution is 9.10. The maximum absolute atomic E-state index is 11.9. The fourth-order valence-electron chi connectivity index (χ4n) is 2.45. The van der Waals surface area contributed by atoms with Gasteiger partial charge in [0.25, 0.3) is 0 Å². The summed E-state index contributed by atoms with van der Waals surface area (Å²) in [7, 11) is 0. The molecular weight excluding hydrogens is 440 g/mol. The summed E-state index contributed by atoms with van der Waals surface area (Å²) in [5, 5.41) is 4.69. The topological polar surface area (TPSA) is 50.7 Å². The van der Waals surface area contributed by atoms with Crippen LogP contribution in [0.2, 0.25) is 5.02 Å². The first-order chi connectivity index (χ1) is 13.6. The van der Waals surface area contributed by atoms with Gasteiger partial charge < -0.3 is 4.74 Å². The minimum atomic E-state index is -0.167. The van der Waals surface area contributed by atoms with Crippen molar-refractivity contribution in [3.05, 3.63) is 99.0 Å². The molecule has 3 rings (SSSR count). The SMILES string of the molecule is O=C(Cc1ccc(Br)cc1)N/N=C\c1ccc(OCc2cccc(Cl)c2)cc1. The lowest BCUT2D eigenvalue weighted by molar-refractivity contribution is -0.120. The smallest absolute Gasteiger partial charge is 0.244 e. The zero-order valence-electron chi connectivity index (χ0n) is 14.9. The van der Waals surface area contributed by atoms with E-state index in [0.717, 1.165) is 26.9 Å². The summed E-state index contributed by atoms with van der Waals surface area (Å²) in [4.78, 5) is 11.9. The average molecular weight is 458 g/mol. The largest absolute Gasteiger partial charge is 0.489 e. The summed E-state index contributed by atoms with van der Waals surface area (Å²) in [5.74, 6) is 0.580. The number of hydrazone groups is 1. The van der Waals surface area contributed by atoms with Crippen molar-refractivity contribution in [2.75, 3.05) is 0 Å². The van der Waals surface area contributed by atoms with Gasteiger partial charge in [-0.2, -0.15) is 5.10 Å². The lowest BCUT2D eigenvalue weighted by atomic mass is 10.1. The highest BCUT2D eigenvalue weighted by Gasteiger charge is 2.02. The van der Waals surface area contributed by atoms with Crippen molar-refractivity contribution in [2.24, 2.45) is 5.10 Å². The number of nitrogens with zero attached hydrogens (tertiary/aromatic N) is 1. The van der Waals surface area contributed by atoms with Gasteiger partial charge in [-0.25, -0.2) is 5.43 Å². The van der Waals surface area contributed by atoms with Crippen molar-refractivity contribution < 1.29 is 9.53 Å². The number of amides is 1. The summed E-state index contributed by atoms with van der Waals surface area (Å²) >= 11 is 9.34. The fourth-order valence-corrected chi connectivity index (χ4v) is 2.93. The lowest BCUT2D eigenvalue weighted by Gasteiger charge is -2.06. The lowest BCUT2D eigenvalue weighted by Crippen LogP contribution is -2.19. The summed E-state index contributed by atoms with van der Waals surface area (Å²) < 4.78 is 6.72. The van der Waals surface area contributed by atoms with Crippen LogP contribution in [0, 0.1) is 0 Å². The zero-order chi connectivity index (χ0) is 19.8. The van der Waals surface area contributed by atoms with Crippen molar-refractivity contribution in [1.82, 2.24) is 5.43 Å². The van der Waals surface area contributed by atoms with Crippen LogP contribution in [0.15, 0.2) is 82.4 Å². The van der Waals surface area contributed by atoms with E-state index in [1.54, 1.807) is 6.21 Å². The number of hydrogen-bond acceptors (Lipinski definition) is 3. The molecule has 0 unspecified atom stereocenters. The highest BCUT2D eigenvalue weighted by atomic mass is 79.9. The highest BCUT2D eigenvalue weighted by Crippen LogP contribution is 2.16. The Labute approximate surface area is 177 Å². The van der Waals surface area contributed by atoms with E-state index in [2.05, 4.69) is 26.5 Å². The predicted molar refractivity (Wildman–Crippen MR) is 116 cm³/mol. The van der Waals surface area contributed by atoms with Crippen molar-refractivity contribution in [3.8, 4) is 5.75 Å². The normalized spacial score (nSPS) is 10.8. The molecule has 142 valence electrons. The minimum Gasteiger partial charge on any atom is -0.489 e. The van der Waals surface area contributed by atoms with Gasteiger partial charge in [0, 0.05) is 9.50 Å². The summed E-state index contributed by atoms with van der Waals surface area (Å²) in [6.07, 6.45) is 1.88. The van der Waals surface area contributed by atoms with Crippen LogP contribution in [0.1, 0.15) is 16.7 Å². The third-order valence-electron chi connectivity index (χ3n) is 3.86. The fraction of sp³-hybridized carbons (Fsp3) is 0.0909. The number of halogens is 2. The van der Waals surface area contributed by atoms with Crippen LogP contribution in [0.25, 0.3) is 0 Å². The van der Waals surface area contributed by atoms with Crippen LogP contribution >= 0.6 is 27.5 Å². The number of hydrogen-bond donors (Lipinski definition) is 1. The molecule has 1 amide bonds. The van der Waals surface area contributed by atoms with Crippen LogP contribution in [-0.4, -0.2) is 12.1 Å². The van der Waals surface area contributed by atoms with Gasteiger partial charge >= 0.3 is 0 Å². The van der Waals surface area contributed by atoms with Crippen molar-refractivity contribution >= 4 is 39.7 Å². The maximum atomic E-state index is 11.9. The molecule has 0 aliphatic rings. The second-order valence-corrected chi connectivity index (χ2v) is 7.44. The molecule has 4 nitrogen and oxygen atoms in total. The second-order valence-electron chi connectivity index (χ2n) is 6.08. The Hall–Kier alpha value is -2.63. The molecule has 0 saturated heterocycles. The molecular formula is C22H18BrClN2O2. The van der Waals surface area contributed by atoms with Crippen LogP contribution in [0.4, 0.5) is 0 Å². The van der Waals surface area contributed by atoms with Gasteiger partial charge in [-0.05, 0) is 65.2 Å². The van der Waals surface area contributed by atoms with Crippen LogP contribution in [0.5, 0.6) is 5.75 Å². The van der Waals surface area contributed by atoms with Gasteiger partial charge in [-0.15, -0.1) is 0 Å². The number of benzene rings is 3. The first-order valence-electron chi connectivity index (χ1n) is 8.62. The van der Waals surface area contributed by atoms with E-state index in [1.165, 1.54) is 0 Å². The van der Waals surface area contributed by atoms with Crippen LogP contribution in [0.3, 0.4) is 0 Å². The second kappa shape index (κ2) is 10.1. The molecule has 3 aromatic carbocycles. The quantitative estimate of drug-likeness (QED) is 0.383. The first-order valence-corrected chi connectivity index (χ1v) is 9.79. The third-order valence-corrected chi connectivity index (χ3v) is 4.62. The molecule has 0 heterocycles. The van der Waals surface area contributed by atoms with Crippen molar-refractivity contribution in [3.63, 3.8) is 0 Å². The maximum Gasteiger partial charge on any atom is 0.244 e. The molecule has 0 aliphatic carbocycles. The molecule has 1 N–H and O–H groups in total. The Bertz CT molecular complexity index is 957.